The Morgan fingerprint density at radius 1 is 1.75 bits per heavy atom. The number of nitrogens with zero attached hydrogens (tertiary/aromatic N) is 1. The van der Waals surface area contributed by atoms with Gasteiger partial charge in [0.25, 0.3) is 0 Å². The molecule has 0 aromatic carbocycles. The Morgan fingerprint density at radius 2 is 2.50 bits per heavy atom. The number of thioether (sulfide) groups is 1. The maximum absolute atomic E-state index is 11.2. The van der Waals surface area contributed by atoms with E-state index in [0.29, 0.717) is 12.6 Å². The second-order valence-electron chi connectivity index (χ2n) is 2.83. The molecule has 0 aliphatic carbocycles. The fraction of sp³-hybridized carbons (Fsp3) is 0.875. The molecule has 0 N–H and O–H groups in total. The normalized spacial score (nSPS) is 22.3. The van der Waals surface area contributed by atoms with Crippen molar-refractivity contribution in [3.8, 4) is 0 Å². The number of ether oxygens (including phenoxy) is 1. The number of amides is 1. The van der Waals surface area contributed by atoms with Gasteiger partial charge >= 0.3 is 6.09 Å². The Hall–Kier alpha value is -0.380. The molecule has 1 aliphatic rings. The van der Waals surface area contributed by atoms with Crippen molar-refractivity contribution in [3.63, 3.8) is 0 Å². The van der Waals surface area contributed by atoms with Crippen molar-refractivity contribution < 1.29 is 9.53 Å². The van der Waals surface area contributed by atoms with Gasteiger partial charge in [-0.3, -0.25) is 0 Å². The van der Waals surface area contributed by atoms with E-state index in [1.807, 2.05) is 25.7 Å². The summed E-state index contributed by atoms with van der Waals surface area (Å²) in [6.45, 7) is 2.29. The minimum atomic E-state index is -0.190. The van der Waals surface area contributed by atoms with Crippen molar-refractivity contribution >= 4 is 17.9 Å². The summed E-state index contributed by atoms with van der Waals surface area (Å²) < 4.78 is 4.89. The Labute approximate surface area is 77.4 Å². The number of hydrogen-bond acceptors (Lipinski definition) is 3. The lowest BCUT2D eigenvalue weighted by atomic mass is 10.2. The third-order valence-corrected chi connectivity index (χ3v) is 3.15. The van der Waals surface area contributed by atoms with E-state index in [0.717, 1.165) is 17.9 Å². The summed E-state index contributed by atoms with van der Waals surface area (Å²) >= 11 is 1.90. The molecule has 1 aliphatic heterocycles. The first-order valence-electron chi connectivity index (χ1n) is 4.23. The van der Waals surface area contributed by atoms with Gasteiger partial charge in [0.2, 0.25) is 0 Å². The lowest BCUT2D eigenvalue weighted by Gasteiger charge is -2.22. The first-order valence-corrected chi connectivity index (χ1v) is 5.38. The van der Waals surface area contributed by atoms with Crippen LogP contribution in [0.3, 0.4) is 0 Å². The van der Waals surface area contributed by atoms with Gasteiger partial charge in [-0.15, -0.1) is 0 Å². The predicted octanol–water partition coefficient (Wildman–Crippen LogP) is 1.58. The summed E-state index contributed by atoms with van der Waals surface area (Å²) in [5.74, 6) is 2.21. The van der Waals surface area contributed by atoms with Crippen molar-refractivity contribution in [2.24, 2.45) is 0 Å². The van der Waals surface area contributed by atoms with Gasteiger partial charge in [0.05, 0.1) is 6.61 Å². The van der Waals surface area contributed by atoms with Crippen molar-refractivity contribution in [1.29, 1.82) is 0 Å². The predicted molar refractivity (Wildman–Crippen MR) is 50.5 cm³/mol. The van der Waals surface area contributed by atoms with Crippen LogP contribution in [0.4, 0.5) is 4.79 Å². The summed E-state index contributed by atoms with van der Waals surface area (Å²) in [5, 5.41) is 0. The molecule has 0 radical (unpaired) electrons. The van der Waals surface area contributed by atoms with Crippen molar-refractivity contribution in [1.82, 2.24) is 4.90 Å². The summed E-state index contributed by atoms with van der Waals surface area (Å²) in [5.41, 5.74) is 0. The molecule has 0 spiro atoms. The third-order valence-electron chi connectivity index (χ3n) is 2.01. The Balaban J connectivity index is 2.34. The average molecular weight is 189 g/mol. The van der Waals surface area contributed by atoms with E-state index in [1.54, 1.807) is 4.90 Å². The molecule has 0 aromatic heterocycles. The second kappa shape index (κ2) is 4.60. The molecule has 1 unspecified atom stereocenters. The molecule has 0 aromatic rings. The van der Waals surface area contributed by atoms with Gasteiger partial charge in [-0.2, -0.15) is 11.8 Å². The van der Waals surface area contributed by atoms with E-state index in [4.69, 9.17) is 4.74 Å². The molecule has 4 heteroatoms. The van der Waals surface area contributed by atoms with Crippen LogP contribution < -0.4 is 0 Å². The number of carbonyl (C=O) groups is 1. The van der Waals surface area contributed by atoms with E-state index in [9.17, 15) is 4.79 Å². The fourth-order valence-corrected chi connectivity index (χ4v) is 2.47. The van der Waals surface area contributed by atoms with Crippen LogP contribution in [0.1, 0.15) is 13.3 Å². The molecule has 70 valence electrons. The highest BCUT2D eigenvalue weighted by Crippen LogP contribution is 2.21. The number of hydrogen-bond donors (Lipinski definition) is 0. The minimum absolute atomic E-state index is 0.190. The quantitative estimate of drug-likeness (QED) is 0.660. The second-order valence-corrected chi connectivity index (χ2v) is 3.98. The highest BCUT2D eigenvalue weighted by atomic mass is 32.2. The van der Waals surface area contributed by atoms with Crippen LogP contribution in [0.5, 0.6) is 0 Å². The standard InChI is InChI=1S/C8H15NO2S/c1-3-11-8(10)9(2)7-4-5-12-6-7/h7H,3-6H2,1-2H3. The molecule has 0 saturated carbocycles. The summed E-state index contributed by atoms with van der Waals surface area (Å²) in [6, 6.07) is 0.383. The van der Waals surface area contributed by atoms with Gasteiger partial charge in [0, 0.05) is 18.8 Å². The highest BCUT2D eigenvalue weighted by Gasteiger charge is 2.24. The van der Waals surface area contributed by atoms with Crippen LogP contribution in [0.25, 0.3) is 0 Å². The van der Waals surface area contributed by atoms with E-state index in [1.165, 1.54) is 0 Å². The average Bonchev–Trinajstić information content (AvgIpc) is 2.55. The minimum Gasteiger partial charge on any atom is -0.450 e. The van der Waals surface area contributed by atoms with E-state index >= 15 is 0 Å². The van der Waals surface area contributed by atoms with Crippen molar-refractivity contribution in [3.05, 3.63) is 0 Å². The lowest BCUT2D eigenvalue weighted by Crippen LogP contribution is -2.37. The third kappa shape index (κ3) is 2.30. The first kappa shape index (κ1) is 9.71. The molecular weight excluding hydrogens is 174 g/mol. The highest BCUT2D eigenvalue weighted by molar-refractivity contribution is 7.99. The van der Waals surface area contributed by atoms with Crippen LogP contribution >= 0.6 is 11.8 Å². The first-order chi connectivity index (χ1) is 5.75. The Kier molecular flexibility index (Phi) is 3.72. The zero-order valence-electron chi connectivity index (χ0n) is 7.58. The van der Waals surface area contributed by atoms with Crippen molar-refractivity contribution in [2.45, 2.75) is 19.4 Å². The SMILES string of the molecule is CCOC(=O)N(C)C1CCSC1. The molecule has 1 fully saturated rings. The van der Waals surface area contributed by atoms with Gasteiger partial charge in [0.1, 0.15) is 0 Å². The topological polar surface area (TPSA) is 29.5 Å². The van der Waals surface area contributed by atoms with Crippen LogP contribution in [-0.2, 0) is 4.74 Å². The molecule has 1 rings (SSSR count). The molecule has 1 amide bonds. The monoisotopic (exact) mass is 189 g/mol. The number of rotatable bonds is 2. The van der Waals surface area contributed by atoms with Crippen LogP contribution in [0.2, 0.25) is 0 Å². The summed E-state index contributed by atoms with van der Waals surface area (Å²) in [7, 11) is 1.81. The molecule has 3 nitrogen and oxygen atoms in total. The van der Waals surface area contributed by atoms with E-state index in [2.05, 4.69) is 0 Å². The van der Waals surface area contributed by atoms with Gasteiger partial charge in [-0.25, -0.2) is 4.79 Å². The summed E-state index contributed by atoms with van der Waals surface area (Å²) in [4.78, 5) is 12.9. The molecule has 12 heavy (non-hydrogen) atoms. The van der Waals surface area contributed by atoms with Gasteiger partial charge in [0.15, 0.2) is 0 Å². The summed E-state index contributed by atoms with van der Waals surface area (Å²) in [6.07, 6.45) is 0.907. The molecule has 1 heterocycles. The molecular formula is C8H15NO2S. The Morgan fingerprint density at radius 3 is 3.00 bits per heavy atom. The van der Waals surface area contributed by atoms with Gasteiger partial charge in [-0.1, -0.05) is 0 Å². The zero-order chi connectivity index (χ0) is 8.97. The van der Waals surface area contributed by atoms with Gasteiger partial charge < -0.3 is 9.64 Å². The number of carbonyl (C=O) groups excluding carboxylic acids is 1. The fourth-order valence-electron chi connectivity index (χ4n) is 1.20. The Bertz CT molecular complexity index is 157. The largest absolute Gasteiger partial charge is 0.450 e. The molecule has 1 saturated heterocycles. The van der Waals surface area contributed by atoms with E-state index < -0.39 is 0 Å². The van der Waals surface area contributed by atoms with Crippen LogP contribution in [0, 0.1) is 0 Å². The maximum atomic E-state index is 11.2. The maximum Gasteiger partial charge on any atom is 0.409 e. The van der Waals surface area contributed by atoms with Gasteiger partial charge in [-0.05, 0) is 19.1 Å². The molecule has 1 atom stereocenters. The smallest absolute Gasteiger partial charge is 0.409 e. The zero-order valence-corrected chi connectivity index (χ0v) is 8.39. The lowest BCUT2D eigenvalue weighted by molar-refractivity contribution is 0.105. The van der Waals surface area contributed by atoms with E-state index in [-0.39, 0.29) is 6.09 Å². The van der Waals surface area contributed by atoms with Crippen LogP contribution in [-0.4, -0.2) is 42.2 Å². The van der Waals surface area contributed by atoms with Crippen LogP contribution in [0.15, 0.2) is 0 Å². The van der Waals surface area contributed by atoms with Crippen molar-refractivity contribution in [2.75, 3.05) is 25.2 Å². The molecule has 0 bridgehead atoms.